The Balaban J connectivity index is 2.26. The molecule has 1 heterocycles. The van der Waals surface area contributed by atoms with E-state index in [0.717, 1.165) is 12.1 Å². The van der Waals surface area contributed by atoms with E-state index in [1.165, 1.54) is 12.1 Å². The molecule has 1 aromatic heterocycles. The SMILES string of the molecule is Cc1nc(C)c(C(=O)N[C@H](CCO)c2cccc(C(F)(F)F)c2)o1. The first-order chi connectivity index (χ1) is 11.2. The molecule has 1 amide bonds. The lowest BCUT2D eigenvalue weighted by atomic mass is 10.0. The lowest BCUT2D eigenvalue weighted by Crippen LogP contribution is -2.29. The Morgan fingerprint density at radius 2 is 2.08 bits per heavy atom. The Hall–Kier alpha value is -2.35. The molecule has 1 atom stereocenters. The Labute approximate surface area is 136 Å². The third kappa shape index (κ3) is 4.14. The van der Waals surface area contributed by atoms with Gasteiger partial charge >= 0.3 is 6.18 Å². The molecule has 0 saturated carbocycles. The fraction of sp³-hybridized carbons (Fsp3) is 0.375. The second-order valence-corrected chi connectivity index (χ2v) is 5.31. The number of hydrogen-bond acceptors (Lipinski definition) is 4. The van der Waals surface area contributed by atoms with Gasteiger partial charge in [-0.1, -0.05) is 12.1 Å². The van der Waals surface area contributed by atoms with Crippen molar-refractivity contribution < 1.29 is 27.5 Å². The Kier molecular flexibility index (Phi) is 5.28. The van der Waals surface area contributed by atoms with Crippen LogP contribution in [0.2, 0.25) is 0 Å². The van der Waals surface area contributed by atoms with E-state index in [4.69, 9.17) is 9.52 Å². The van der Waals surface area contributed by atoms with Crippen LogP contribution in [0.5, 0.6) is 0 Å². The van der Waals surface area contributed by atoms with Gasteiger partial charge in [-0.3, -0.25) is 4.79 Å². The van der Waals surface area contributed by atoms with E-state index in [9.17, 15) is 18.0 Å². The number of oxazole rings is 1. The number of aryl methyl sites for hydroxylation is 2. The molecule has 5 nitrogen and oxygen atoms in total. The minimum atomic E-state index is -4.48. The summed E-state index contributed by atoms with van der Waals surface area (Å²) in [6.07, 6.45) is -4.42. The Morgan fingerprint density at radius 3 is 2.62 bits per heavy atom. The summed E-state index contributed by atoms with van der Waals surface area (Å²) in [6, 6.07) is 3.85. The molecule has 0 aliphatic carbocycles. The molecule has 0 radical (unpaired) electrons. The summed E-state index contributed by atoms with van der Waals surface area (Å²) in [5, 5.41) is 11.7. The van der Waals surface area contributed by atoms with Gasteiger partial charge in [-0.15, -0.1) is 0 Å². The molecule has 0 saturated heterocycles. The van der Waals surface area contributed by atoms with Crippen molar-refractivity contribution in [2.24, 2.45) is 0 Å². The summed E-state index contributed by atoms with van der Waals surface area (Å²) in [7, 11) is 0. The van der Waals surface area contributed by atoms with E-state index in [1.54, 1.807) is 13.8 Å². The molecule has 0 spiro atoms. The molecule has 130 valence electrons. The topological polar surface area (TPSA) is 75.4 Å². The molecule has 0 bridgehead atoms. The Bertz CT molecular complexity index is 726. The highest BCUT2D eigenvalue weighted by molar-refractivity contribution is 5.92. The summed E-state index contributed by atoms with van der Waals surface area (Å²) < 4.78 is 43.7. The molecular weight excluding hydrogens is 325 g/mol. The van der Waals surface area contributed by atoms with E-state index in [2.05, 4.69) is 10.3 Å². The number of alkyl halides is 3. The van der Waals surface area contributed by atoms with Crippen molar-refractivity contribution >= 4 is 5.91 Å². The van der Waals surface area contributed by atoms with Crippen molar-refractivity contribution in [3.05, 3.63) is 52.7 Å². The summed E-state index contributed by atoms with van der Waals surface area (Å²) in [6.45, 7) is 2.88. The molecule has 24 heavy (non-hydrogen) atoms. The van der Waals surface area contributed by atoms with Crippen LogP contribution in [-0.4, -0.2) is 22.6 Å². The number of carbonyl (C=O) groups is 1. The number of halogens is 3. The average molecular weight is 342 g/mol. The van der Waals surface area contributed by atoms with Gasteiger partial charge in [0.25, 0.3) is 5.91 Å². The summed E-state index contributed by atoms with van der Waals surface area (Å²) in [5.74, 6) is -0.276. The third-order valence-electron chi connectivity index (χ3n) is 3.45. The lowest BCUT2D eigenvalue weighted by Gasteiger charge is -2.19. The maximum atomic E-state index is 12.8. The standard InChI is InChI=1S/C16H17F3N2O3/c1-9-14(24-10(2)20-9)15(23)21-13(6-7-22)11-4-3-5-12(8-11)16(17,18)19/h3-5,8,13,22H,6-7H2,1-2H3,(H,21,23)/t13-/m1/s1. The van der Waals surface area contributed by atoms with Crippen LogP contribution >= 0.6 is 0 Å². The second kappa shape index (κ2) is 7.04. The Morgan fingerprint density at radius 1 is 1.38 bits per heavy atom. The van der Waals surface area contributed by atoms with Crippen LogP contribution in [0.15, 0.2) is 28.7 Å². The molecule has 0 fully saturated rings. The summed E-state index contributed by atoms with van der Waals surface area (Å²) in [4.78, 5) is 16.2. The largest absolute Gasteiger partial charge is 0.436 e. The quantitative estimate of drug-likeness (QED) is 0.875. The maximum absolute atomic E-state index is 12.8. The van der Waals surface area contributed by atoms with E-state index in [0.29, 0.717) is 11.6 Å². The zero-order chi connectivity index (χ0) is 17.9. The van der Waals surface area contributed by atoms with Crippen molar-refractivity contribution in [3.63, 3.8) is 0 Å². The van der Waals surface area contributed by atoms with Crippen LogP contribution in [-0.2, 0) is 6.18 Å². The molecule has 0 aliphatic heterocycles. The molecular formula is C16H17F3N2O3. The molecule has 2 N–H and O–H groups in total. The van der Waals surface area contributed by atoms with Gasteiger partial charge in [0, 0.05) is 13.5 Å². The number of rotatable bonds is 5. The molecule has 0 aliphatic rings. The lowest BCUT2D eigenvalue weighted by molar-refractivity contribution is -0.137. The van der Waals surface area contributed by atoms with Gasteiger partial charge in [0.1, 0.15) is 0 Å². The van der Waals surface area contributed by atoms with Crippen LogP contribution in [0.1, 0.15) is 45.7 Å². The molecule has 8 heteroatoms. The van der Waals surface area contributed by atoms with Crippen molar-refractivity contribution in [1.29, 1.82) is 0 Å². The minimum absolute atomic E-state index is 0.00224. The number of aromatic nitrogens is 1. The number of nitrogens with one attached hydrogen (secondary N) is 1. The summed E-state index contributed by atoms with van der Waals surface area (Å²) in [5.41, 5.74) is -0.179. The first-order valence-corrected chi connectivity index (χ1v) is 7.25. The first kappa shape index (κ1) is 18.0. The van der Waals surface area contributed by atoms with E-state index >= 15 is 0 Å². The van der Waals surface area contributed by atoms with Gasteiger partial charge in [-0.2, -0.15) is 13.2 Å². The number of nitrogens with zero attached hydrogens (tertiary/aromatic N) is 1. The number of benzene rings is 1. The number of aliphatic hydroxyl groups excluding tert-OH is 1. The molecule has 2 rings (SSSR count). The summed E-state index contributed by atoms with van der Waals surface area (Å²) >= 11 is 0. The van der Waals surface area contributed by atoms with Gasteiger partial charge in [0.2, 0.25) is 5.76 Å². The predicted octanol–water partition coefficient (Wildman–Crippen LogP) is 3.16. The number of carbonyl (C=O) groups excluding carboxylic acids is 1. The number of aliphatic hydroxyl groups is 1. The molecule has 1 aromatic carbocycles. The zero-order valence-electron chi connectivity index (χ0n) is 13.1. The average Bonchev–Trinajstić information content (AvgIpc) is 2.85. The highest BCUT2D eigenvalue weighted by Crippen LogP contribution is 2.31. The predicted molar refractivity (Wildman–Crippen MR) is 79.3 cm³/mol. The molecule has 0 unspecified atom stereocenters. The highest BCUT2D eigenvalue weighted by Gasteiger charge is 2.31. The number of hydrogen-bond donors (Lipinski definition) is 2. The third-order valence-corrected chi connectivity index (χ3v) is 3.45. The first-order valence-electron chi connectivity index (χ1n) is 7.25. The van der Waals surface area contributed by atoms with Crippen molar-refractivity contribution in [3.8, 4) is 0 Å². The second-order valence-electron chi connectivity index (χ2n) is 5.31. The zero-order valence-corrected chi connectivity index (χ0v) is 13.1. The van der Waals surface area contributed by atoms with Gasteiger partial charge in [0.15, 0.2) is 5.89 Å². The monoisotopic (exact) mass is 342 g/mol. The van der Waals surface area contributed by atoms with Crippen LogP contribution in [0.3, 0.4) is 0 Å². The van der Waals surface area contributed by atoms with Crippen LogP contribution in [0.4, 0.5) is 13.2 Å². The fourth-order valence-corrected chi connectivity index (χ4v) is 2.35. The molecule has 2 aromatic rings. The highest BCUT2D eigenvalue weighted by atomic mass is 19.4. The normalized spacial score (nSPS) is 12.9. The van der Waals surface area contributed by atoms with Crippen molar-refractivity contribution in [1.82, 2.24) is 10.3 Å². The maximum Gasteiger partial charge on any atom is 0.416 e. The number of amides is 1. The van der Waals surface area contributed by atoms with Gasteiger partial charge < -0.3 is 14.8 Å². The van der Waals surface area contributed by atoms with E-state index in [1.807, 2.05) is 0 Å². The van der Waals surface area contributed by atoms with Gasteiger partial charge in [0.05, 0.1) is 17.3 Å². The van der Waals surface area contributed by atoms with Crippen LogP contribution < -0.4 is 5.32 Å². The smallest absolute Gasteiger partial charge is 0.416 e. The van der Waals surface area contributed by atoms with E-state index < -0.39 is 23.7 Å². The van der Waals surface area contributed by atoms with Crippen molar-refractivity contribution in [2.75, 3.05) is 6.61 Å². The van der Waals surface area contributed by atoms with Gasteiger partial charge in [-0.05, 0) is 31.0 Å². The fourth-order valence-electron chi connectivity index (χ4n) is 2.35. The van der Waals surface area contributed by atoms with E-state index in [-0.39, 0.29) is 24.4 Å². The van der Waals surface area contributed by atoms with Crippen molar-refractivity contribution in [2.45, 2.75) is 32.5 Å². The van der Waals surface area contributed by atoms with Crippen LogP contribution in [0.25, 0.3) is 0 Å². The van der Waals surface area contributed by atoms with Gasteiger partial charge in [-0.25, -0.2) is 4.98 Å². The minimum Gasteiger partial charge on any atom is -0.436 e. The van der Waals surface area contributed by atoms with Crippen LogP contribution in [0, 0.1) is 13.8 Å².